The van der Waals surface area contributed by atoms with E-state index in [0.717, 1.165) is 11.1 Å². The van der Waals surface area contributed by atoms with Crippen molar-refractivity contribution in [2.45, 2.75) is 38.5 Å². The number of fused-ring (bicyclic) bond motifs is 1. The molecule has 0 aliphatic carbocycles. The number of carbonyl (C=O) groups is 3. The van der Waals surface area contributed by atoms with E-state index in [0.29, 0.717) is 56.2 Å². The van der Waals surface area contributed by atoms with Gasteiger partial charge in [-0.3, -0.25) is 14.4 Å². The highest BCUT2D eigenvalue weighted by molar-refractivity contribution is 5.96. The molecule has 3 aromatic rings. The first-order valence-electron chi connectivity index (χ1n) is 12.2. The highest BCUT2D eigenvalue weighted by Gasteiger charge is 2.31. The maximum Gasteiger partial charge on any atom is 0.308 e. The molecular formula is C27H32N6O4. The topological polar surface area (TPSA) is 134 Å². The first-order chi connectivity index (χ1) is 18.0. The Morgan fingerprint density at radius 3 is 2.70 bits per heavy atom. The number of carbonyl (C=O) groups excluding carboxylic acids is 3. The highest BCUT2D eigenvalue weighted by atomic mass is 16.5. The molecule has 0 saturated heterocycles. The van der Waals surface area contributed by atoms with Gasteiger partial charge in [-0.05, 0) is 42.3 Å². The van der Waals surface area contributed by atoms with Crippen molar-refractivity contribution in [2.75, 3.05) is 25.5 Å². The molecule has 0 spiro atoms. The highest BCUT2D eigenvalue weighted by Crippen LogP contribution is 2.27. The number of rotatable bonds is 10. The van der Waals surface area contributed by atoms with Crippen LogP contribution in [0, 0.1) is 0 Å². The average Bonchev–Trinajstić information content (AvgIpc) is 3.39. The third-order valence-electron chi connectivity index (χ3n) is 6.28. The maximum absolute atomic E-state index is 13.7. The van der Waals surface area contributed by atoms with Gasteiger partial charge in [-0.1, -0.05) is 30.3 Å². The largest absolute Gasteiger partial charge is 0.469 e. The molecule has 4 rings (SSSR count). The third kappa shape index (κ3) is 6.53. The van der Waals surface area contributed by atoms with Crippen molar-refractivity contribution in [3.63, 3.8) is 0 Å². The smallest absolute Gasteiger partial charge is 0.308 e. The Kier molecular flexibility index (Phi) is 8.52. The number of nitrogens with one attached hydrogen (secondary N) is 2. The van der Waals surface area contributed by atoms with Crippen molar-refractivity contribution in [2.24, 2.45) is 5.73 Å². The van der Waals surface area contributed by atoms with Gasteiger partial charge in [0.05, 0.1) is 20.1 Å². The lowest BCUT2D eigenvalue weighted by molar-refractivity contribution is -0.144. The number of benzene rings is 2. The van der Waals surface area contributed by atoms with Crippen molar-refractivity contribution >= 4 is 23.5 Å². The SMILES string of the molecule is COC(=O)C[C@@H]1Nc2ccc(C(=O)N(Cc3ccccc3)Cc3ncc[nH]3)cc2CN(CCCN)C1=O. The molecule has 1 aromatic heterocycles. The lowest BCUT2D eigenvalue weighted by atomic mass is 10.1. The molecule has 1 atom stereocenters. The molecule has 0 unspecified atom stereocenters. The first kappa shape index (κ1) is 25.9. The minimum atomic E-state index is -0.762. The van der Waals surface area contributed by atoms with Crippen molar-refractivity contribution in [3.05, 3.63) is 83.4 Å². The number of anilines is 1. The van der Waals surface area contributed by atoms with Crippen LogP contribution in [0.5, 0.6) is 0 Å². The number of methoxy groups -OCH3 is 1. The molecule has 10 heteroatoms. The zero-order valence-corrected chi connectivity index (χ0v) is 20.9. The number of hydrogen-bond donors (Lipinski definition) is 3. The molecule has 0 radical (unpaired) electrons. The number of H-pyrrole nitrogens is 1. The van der Waals surface area contributed by atoms with Crippen molar-refractivity contribution in [3.8, 4) is 0 Å². The summed E-state index contributed by atoms with van der Waals surface area (Å²) in [5, 5.41) is 3.19. The molecule has 2 aromatic carbocycles. The predicted octanol–water partition coefficient (Wildman–Crippen LogP) is 2.29. The van der Waals surface area contributed by atoms with Gasteiger partial charge in [0.15, 0.2) is 0 Å². The standard InChI is InChI=1S/C27H32N6O4/c1-37-25(34)15-23-27(36)32(13-5-10-28)17-21-14-20(8-9-22(21)31-23)26(35)33(18-24-29-11-12-30-24)16-19-6-3-2-4-7-19/h2-4,6-9,11-12,14,23,31H,5,10,13,15-18,28H2,1H3,(H,29,30)/t23-/m0/s1. The fourth-order valence-corrected chi connectivity index (χ4v) is 4.36. The van der Waals surface area contributed by atoms with Crippen LogP contribution in [-0.2, 0) is 34.0 Å². The van der Waals surface area contributed by atoms with Crippen LogP contribution in [0.4, 0.5) is 5.69 Å². The van der Waals surface area contributed by atoms with Gasteiger partial charge in [0.1, 0.15) is 11.9 Å². The second-order valence-corrected chi connectivity index (χ2v) is 8.93. The van der Waals surface area contributed by atoms with E-state index in [9.17, 15) is 14.4 Å². The Balaban J connectivity index is 1.62. The third-order valence-corrected chi connectivity index (χ3v) is 6.28. The molecule has 194 valence electrons. The second kappa shape index (κ2) is 12.2. The summed E-state index contributed by atoms with van der Waals surface area (Å²) >= 11 is 0. The van der Waals surface area contributed by atoms with E-state index in [1.807, 2.05) is 36.4 Å². The normalized spacial score (nSPS) is 14.9. The van der Waals surface area contributed by atoms with Crippen LogP contribution in [0.1, 0.15) is 40.2 Å². The summed E-state index contributed by atoms with van der Waals surface area (Å²) in [5.41, 5.74) is 8.69. The zero-order valence-electron chi connectivity index (χ0n) is 20.9. The Morgan fingerprint density at radius 1 is 1.19 bits per heavy atom. The molecule has 37 heavy (non-hydrogen) atoms. The summed E-state index contributed by atoms with van der Waals surface area (Å²) in [7, 11) is 1.30. The second-order valence-electron chi connectivity index (χ2n) is 8.93. The van der Waals surface area contributed by atoms with E-state index in [-0.39, 0.29) is 18.2 Å². The van der Waals surface area contributed by atoms with Crippen LogP contribution in [0.25, 0.3) is 0 Å². The molecule has 2 heterocycles. The summed E-state index contributed by atoms with van der Waals surface area (Å²) in [6.45, 7) is 1.92. The maximum atomic E-state index is 13.7. The summed E-state index contributed by atoms with van der Waals surface area (Å²) in [6.07, 6.45) is 3.92. The Bertz CT molecular complexity index is 1210. The number of esters is 1. The summed E-state index contributed by atoms with van der Waals surface area (Å²) in [6, 6.07) is 14.4. The van der Waals surface area contributed by atoms with Gasteiger partial charge in [0.25, 0.3) is 5.91 Å². The molecule has 10 nitrogen and oxygen atoms in total. The van der Waals surface area contributed by atoms with Crippen LogP contribution >= 0.6 is 0 Å². The summed E-state index contributed by atoms with van der Waals surface area (Å²) in [5.74, 6) is -0.149. The number of amides is 2. The number of hydrogen-bond acceptors (Lipinski definition) is 7. The van der Waals surface area contributed by atoms with Gasteiger partial charge in [-0.25, -0.2) is 4.98 Å². The van der Waals surface area contributed by atoms with Gasteiger partial charge in [-0.15, -0.1) is 0 Å². The number of nitrogens with two attached hydrogens (primary N) is 1. The Hall–Kier alpha value is -4.18. The van der Waals surface area contributed by atoms with Crippen LogP contribution < -0.4 is 11.1 Å². The fourth-order valence-electron chi connectivity index (χ4n) is 4.36. The number of nitrogens with zero attached hydrogens (tertiary/aromatic N) is 3. The lowest BCUT2D eigenvalue weighted by Gasteiger charge is -2.24. The van der Waals surface area contributed by atoms with Gasteiger partial charge < -0.3 is 30.6 Å². The van der Waals surface area contributed by atoms with E-state index >= 15 is 0 Å². The molecule has 4 N–H and O–H groups in total. The molecule has 0 fully saturated rings. The van der Waals surface area contributed by atoms with Crippen LogP contribution in [0.2, 0.25) is 0 Å². The summed E-state index contributed by atoms with van der Waals surface area (Å²) in [4.78, 5) is 49.7. The van der Waals surface area contributed by atoms with Gasteiger partial charge in [0, 0.05) is 43.3 Å². The van der Waals surface area contributed by atoms with E-state index in [2.05, 4.69) is 15.3 Å². The molecular weight excluding hydrogens is 472 g/mol. The van der Waals surface area contributed by atoms with Crippen LogP contribution in [0.3, 0.4) is 0 Å². The number of ether oxygens (including phenoxy) is 1. The van der Waals surface area contributed by atoms with Crippen molar-refractivity contribution < 1.29 is 19.1 Å². The van der Waals surface area contributed by atoms with E-state index < -0.39 is 12.0 Å². The molecule has 0 saturated carbocycles. The minimum Gasteiger partial charge on any atom is -0.469 e. The number of aromatic nitrogens is 2. The van der Waals surface area contributed by atoms with E-state index in [1.165, 1.54) is 7.11 Å². The van der Waals surface area contributed by atoms with Gasteiger partial charge in [-0.2, -0.15) is 0 Å². The zero-order chi connectivity index (χ0) is 26.2. The minimum absolute atomic E-state index is 0.0947. The molecule has 0 bridgehead atoms. The van der Waals surface area contributed by atoms with Gasteiger partial charge in [0.2, 0.25) is 5.91 Å². The Morgan fingerprint density at radius 2 is 2.00 bits per heavy atom. The molecule has 2 amide bonds. The summed E-state index contributed by atoms with van der Waals surface area (Å²) < 4.78 is 4.79. The number of aromatic amines is 1. The predicted molar refractivity (Wildman–Crippen MR) is 138 cm³/mol. The average molecular weight is 505 g/mol. The van der Waals surface area contributed by atoms with E-state index in [4.69, 9.17) is 10.5 Å². The molecule has 1 aliphatic rings. The van der Waals surface area contributed by atoms with Crippen LogP contribution in [-0.4, -0.2) is 63.8 Å². The Labute approximate surface area is 215 Å². The molecule has 1 aliphatic heterocycles. The van der Waals surface area contributed by atoms with E-state index in [1.54, 1.807) is 34.3 Å². The fraction of sp³-hybridized carbons (Fsp3) is 0.333. The van der Waals surface area contributed by atoms with Gasteiger partial charge >= 0.3 is 5.97 Å². The van der Waals surface area contributed by atoms with Crippen molar-refractivity contribution in [1.29, 1.82) is 0 Å². The quantitative estimate of drug-likeness (QED) is 0.361. The van der Waals surface area contributed by atoms with Crippen LogP contribution in [0.15, 0.2) is 60.9 Å². The number of imidazole rings is 1. The first-order valence-corrected chi connectivity index (χ1v) is 12.2. The lowest BCUT2D eigenvalue weighted by Crippen LogP contribution is -2.42. The van der Waals surface area contributed by atoms with Crippen molar-refractivity contribution in [1.82, 2.24) is 19.8 Å². The monoisotopic (exact) mass is 504 g/mol.